The number of halogens is 1. The SMILES string of the molecule is COc1cc(CN2CCC(C(=O)O)CC2)cc(Br)c1O. The van der Waals surface area contributed by atoms with Crippen LogP contribution in [0.2, 0.25) is 0 Å². The van der Waals surface area contributed by atoms with Gasteiger partial charge in [-0.2, -0.15) is 0 Å². The molecule has 5 nitrogen and oxygen atoms in total. The Labute approximate surface area is 126 Å². The minimum atomic E-state index is -0.696. The average molecular weight is 344 g/mol. The number of piperidine rings is 1. The van der Waals surface area contributed by atoms with Gasteiger partial charge in [-0.25, -0.2) is 0 Å². The molecule has 0 unspecified atom stereocenters. The zero-order chi connectivity index (χ0) is 14.7. The van der Waals surface area contributed by atoms with Gasteiger partial charge in [0.25, 0.3) is 0 Å². The van der Waals surface area contributed by atoms with Crippen molar-refractivity contribution in [2.45, 2.75) is 19.4 Å². The van der Waals surface area contributed by atoms with Crippen LogP contribution in [0.1, 0.15) is 18.4 Å². The van der Waals surface area contributed by atoms with E-state index in [4.69, 9.17) is 9.84 Å². The number of carbonyl (C=O) groups is 1. The molecule has 0 amide bonds. The molecule has 0 aliphatic carbocycles. The maximum atomic E-state index is 10.9. The third kappa shape index (κ3) is 3.43. The topological polar surface area (TPSA) is 70.0 Å². The summed E-state index contributed by atoms with van der Waals surface area (Å²) < 4.78 is 5.73. The van der Waals surface area contributed by atoms with Crippen molar-refractivity contribution in [3.05, 3.63) is 22.2 Å². The molecule has 0 saturated carbocycles. The lowest BCUT2D eigenvalue weighted by Crippen LogP contribution is -2.35. The molecule has 0 bridgehead atoms. The molecule has 1 saturated heterocycles. The Morgan fingerprint density at radius 3 is 2.65 bits per heavy atom. The first-order chi connectivity index (χ1) is 9.51. The fraction of sp³-hybridized carbons (Fsp3) is 0.500. The van der Waals surface area contributed by atoms with Gasteiger partial charge in [0, 0.05) is 6.54 Å². The zero-order valence-corrected chi connectivity index (χ0v) is 12.9. The van der Waals surface area contributed by atoms with Gasteiger partial charge in [-0.1, -0.05) is 0 Å². The molecule has 1 aromatic carbocycles. The van der Waals surface area contributed by atoms with Crippen LogP contribution in [0.25, 0.3) is 0 Å². The van der Waals surface area contributed by atoms with Gasteiger partial charge in [-0.3, -0.25) is 9.69 Å². The van der Waals surface area contributed by atoms with Crippen molar-refractivity contribution in [1.82, 2.24) is 4.90 Å². The van der Waals surface area contributed by atoms with E-state index in [0.29, 0.717) is 23.1 Å². The number of hydrogen-bond acceptors (Lipinski definition) is 4. The van der Waals surface area contributed by atoms with Crippen molar-refractivity contribution in [3.8, 4) is 11.5 Å². The number of aromatic hydroxyl groups is 1. The lowest BCUT2D eigenvalue weighted by Gasteiger charge is -2.30. The van der Waals surface area contributed by atoms with Crippen LogP contribution < -0.4 is 4.74 Å². The number of nitrogens with zero attached hydrogens (tertiary/aromatic N) is 1. The van der Waals surface area contributed by atoms with Crippen LogP contribution in [0.15, 0.2) is 16.6 Å². The molecule has 0 spiro atoms. The van der Waals surface area contributed by atoms with Gasteiger partial charge < -0.3 is 14.9 Å². The maximum absolute atomic E-state index is 10.9. The fourth-order valence-electron chi connectivity index (χ4n) is 2.47. The molecule has 0 atom stereocenters. The van der Waals surface area contributed by atoms with Crippen molar-refractivity contribution in [3.63, 3.8) is 0 Å². The third-order valence-electron chi connectivity index (χ3n) is 3.65. The first kappa shape index (κ1) is 15.1. The van der Waals surface area contributed by atoms with Crippen molar-refractivity contribution in [1.29, 1.82) is 0 Å². The summed E-state index contributed by atoms with van der Waals surface area (Å²) in [5.41, 5.74) is 1.03. The van der Waals surface area contributed by atoms with E-state index in [1.165, 1.54) is 7.11 Å². The molecular formula is C14H18BrNO4. The lowest BCUT2D eigenvalue weighted by atomic mass is 9.97. The normalized spacial score (nSPS) is 17.1. The van der Waals surface area contributed by atoms with E-state index < -0.39 is 5.97 Å². The standard InChI is InChI=1S/C14H18BrNO4/c1-20-12-7-9(6-11(15)13(12)17)8-16-4-2-10(3-5-16)14(18)19/h6-7,10,17H,2-5,8H2,1H3,(H,18,19). The lowest BCUT2D eigenvalue weighted by molar-refractivity contribution is -0.143. The Bertz CT molecular complexity index is 498. The zero-order valence-electron chi connectivity index (χ0n) is 11.3. The van der Waals surface area contributed by atoms with Gasteiger partial charge in [0.05, 0.1) is 17.5 Å². The number of likely N-dealkylation sites (tertiary alicyclic amines) is 1. The van der Waals surface area contributed by atoms with Gasteiger partial charge >= 0.3 is 5.97 Å². The van der Waals surface area contributed by atoms with E-state index in [-0.39, 0.29) is 11.7 Å². The highest BCUT2D eigenvalue weighted by atomic mass is 79.9. The fourth-order valence-corrected chi connectivity index (χ4v) is 2.96. The number of phenols is 1. The molecule has 1 aliphatic rings. The average Bonchev–Trinajstić information content (AvgIpc) is 2.43. The van der Waals surface area contributed by atoms with Crippen LogP contribution in [-0.2, 0) is 11.3 Å². The molecule has 0 radical (unpaired) electrons. The van der Waals surface area contributed by atoms with Crippen molar-refractivity contribution < 1.29 is 19.7 Å². The van der Waals surface area contributed by atoms with Crippen LogP contribution in [0.4, 0.5) is 0 Å². The van der Waals surface area contributed by atoms with Crippen LogP contribution in [0.5, 0.6) is 11.5 Å². The Kier molecular flexibility index (Phi) is 4.88. The van der Waals surface area contributed by atoms with E-state index >= 15 is 0 Å². The number of carboxylic acids is 1. The molecule has 1 aliphatic heterocycles. The summed E-state index contributed by atoms with van der Waals surface area (Å²) in [6.45, 7) is 2.27. The van der Waals surface area contributed by atoms with E-state index in [1.807, 2.05) is 12.1 Å². The minimum absolute atomic E-state index is 0.0980. The van der Waals surface area contributed by atoms with E-state index in [1.54, 1.807) is 0 Å². The van der Waals surface area contributed by atoms with Crippen LogP contribution in [-0.4, -0.2) is 41.3 Å². The summed E-state index contributed by atoms with van der Waals surface area (Å²) in [6.07, 6.45) is 1.37. The highest BCUT2D eigenvalue weighted by molar-refractivity contribution is 9.10. The second-order valence-corrected chi connectivity index (χ2v) is 5.87. The number of ether oxygens (including phenoxy) is 1. The number of hydrogen-bond donors (Lipinski definition) is 2. The van der Waals surface area contributed by atoms with E-state index in [0.717, 1.165) is 25.2 Å². The van der Waals surface area contributed by atoms with Gasteiger partial charge in [0.1, 0.15) is 0 Å². The van der Waals surface area contributed by atoms with Gasteiger partial charge in [-0.15, -0.1) is 0 Å². The molecule has 2 N–H and O–H groups in total. The van der Waals surface area contributed by atoms with Crippen molar-refractivity contribution in [2.75, 3.05) is 20.2 Å². The molecule has 110 valence electrons. The summed E-state index contributed by atoms with van der Waals surface area (Å²) in [6, 6.07) is 3.67. The van der Waals surface area contributed by atoms with E-state index in [2.05, 4.69) is 20.8 Å². The number of benzene rings is 1. The Morgan fingerprint density at radius 2 is 2.10 bits per heavy atom. The highest BCUT2D eigenvalue weighted by Crippen LogP contribution is 2.35. The third-order valence-corrected chi connectivity index (χ3v) is 4.26. The van der Waals surface area contributed by atoms with Gasteiger partial charge in [0.15, 0.2) is 11.5 Å². The van der Waals surface area contributed by atoms with Crippen molar-refractivity contribution >= 4 is 21.9 Å². The molecule has 0 aromatic heterocycles. The van der Waals surface area contributed by atoms with Gasteiger partial charge in [0.2, 0.25) is 0 Å². The van der Waals surface area contributed by atoms with Crippen LogP contribution in [0, 0.1) is 5.92 Å². The quantitative estimate of drug-likeness (QED) is 0.878. The summed E-state index contributed by atoms with van der Waals surface area (Å²) in [5, 5.41) is 18.8. The monoisotopic (exact) mass is 343 g/mol. The molecule has 2 rings (SSSR count). The summed E-state index contributed by atoms with van der Waals surface area (Å²) >= 11 is 3.30. The summed E-state index contributed by atoms with van der Waals surface area (Å²) in [5.74, 6) is -0.373. The Morgan fingerprint density at radius 1 is 1.45 bits per heavy atom. The number of aliphatic carboxylic acids is 1. The summed E-state index contributed by atoms with van der Waals surface area (Å²) in [4.78, 5) is 13.1. The number of phenolic OH excluding ortho intramolecular Hbond substituents is 1. The minimum Gasteiger partial charge on any atom is -0.503 e. The Balaban J connectivity index is 2.01. The molecule has 1 aromatic rings. The number of methoxy groups -OCH3 is 1. The maximum Gasteiger partial charge on any atom is 0.306 e. The van der Waals surface area contributed by atoms with Crippen LogP contribution in [0.3, 0.4) is 0 Å². The second kappa shape index (κ2) is 6.45. The first-order valence-electron chi connectivity index (χ1n) is 6.51. The first-order valence-corrected chi connectivity index (χ1v) is 7.31. The Hall–Kier alpha value is -1.27. The predicted molar refractivity (Wildman–Crippen MR) is 78.0 cm³/mol. The van der Waals surface area contributed by atoms with Crippen molar-refractivity contribution in [2.24, 2.45) is 5.92 Å². The molecule has 20 heavy (non-hydrogen) atoms. The molecule has 1 heterocycles. The molecular weight excluding hydrogens is 326 g/mol. The smallest absolute Gasteiger partial charge is 0.306 e. The summed E-state index contributed by atoms with van der Waals surface area (Å²) in [7, 11) is 1.52. The number of carboxylic acid groups (broad SMARTS) is 1. The predicted octanol–water partition coefficient (Wildman–Crippen LogP) is 2.46. The molecule has 1 fully saturated rings. The number of rotatable bonds is 4. The second-order valence-electron chi connectivity index (χ2n) is 5.02. The largest absolute Gasteiger partial charge is 0.503 e. The van der Waals surface area contributed by atoms with E-state index in [9.17, 15) is 9.90 Å². The highest BCUT2D eigenvalue weighted by Gasteiger charge is 2.24. The van der Waals surface area contributed by atoms with Gasteiger partial charge in [-0.05, 0) is 59.6 Å². The molecule has 6 heteroatoms. The van der Waals surface area contributed by atoms with Crippen LogP contribution >= 0.6 is 15.9 Å².